The summed E-state index contributed by atoms with van der Waals surface area (Å²) in [7, 11) is 1.42. The van der Waals surface area contributed by atoms with E-state index >= 15 is 0 Å². The van der Waals surface area contributed by atoms with Crippen molar-refractivity contribution in [2.75, 3.05) is 12.4 Å². The number of ether oxygens (including phenoxy) is 1. The maximum atomic E-state index is 13.1. The van der Waals surface area contributed by atoms with E-state index in [2.05, 4.69) is 15.3 Å². The van der Waals surface area contributed by atoms with Gasteiger partial charge < -0.3 is 10.1 Å². The molecule has 0 unspecified atom stereocenters. The molecule has 0 aliphatic heterocycles. The normalized spacial score (nSPS) is 20.1. The topological polar surface area (TPSA) is 64.1 Å². The molecule has 1 aromatic carbocycles. The lowest BCUT2D eigenvalue weighted by Gasteiger charge is -2.27. The van der Waals surface area contributed by atoms with E-state index in [1.54, 1.807) is 12.1 Å². The van der Waals surface area contributed by atoms with Gasteiger partial charge in [0.1, 0.15) is 5.82 Å². The van der Waals surface area contributed by atoms with Crippen LogP contribution in [0.1, 0.15) is 25.7 Å². The number of nitrogens with one attached hydrogen (secondary N) is 1. The molecule has 0 radical (unpaired) electrons. The van der Waals surface area contributed by atoms with Crippen LogP contribution in [-0.4, -0.2) is 29.1 Å². The van der Waals surface area contributed by atoms with Gasteiger partial charge in [-0.1, -0.05) is 11.6 Å². The third-order valence-corrected chi connectivity index (χ3v) is 4.73. The molecular formula is C18H19ClFN3O2. The standard InChI is InChI=1S/C18H19ClFN3O2/c1-25-17(24)12-4-8-14(9-5-12)22-18-21-10-15(19)16(23-18)11-2-6-13(20)7-3-11/h2-3,6-7,10,12,14H,4-5,8-9H2,1H3,(H,21,22,23)/t12-,14+. The number of hydrogen-bond donors (Lipinski definition) is 1. The number of carbonyl (C=O) groups excluding carboxylic acids is 1. The highest BCUT2D eigenvalue weighted by Crippen LogP contribution is 2.29. The second-order valence-corrected chi connectivity index (χ2v) is 6.52. The van der Waals surface area contributed by atoms with Crippen LogP contribution in [0.3, 0.4) is 0 Å². The summed E-state index contributed by atoms with van der Waals surface area (Å²) in [6.45, 7) is 0. The molecule has 2 aromatic rings. The van der Waals surface area contributed by atoms with Gasteiger partial charge in [-0.25, -0.2) is 14.4 Å². The minimum Gasteiger partial charge on any atom is -0.469 e. The van der Waals surface area contributed by atoms with E-state index in [-0.39, 0.29) is 23.7 Å². The smallest absolute Gasteiger partial charge is 0.308 e. The van der Waals surface area contributed by atoms with Gasteiger partial charge in [0.15, 0.2) is 0 Å². The number of aromatic nitrogens is 2. The van der Waals surface area contributed by atoms with Gasteiger partial charge in [0, 0.05) is 11.6 Å². The molecule has 1 heterocycles. The second kappa shape index (κ2) is 7.78. The van der Waals surface area contributed by atoms with E-state index in [0.717, 1.165) is 31.2 Å². The zero-order chi connectivity index (χ0) is 17.8. The van der Waals surface area contributed by atoms with Crippen molar-refractivity contribution < 1.29 is 13.9 Å². The summed E-state index contributed by atoms with van der Waals surface area (Å²) < 4.78 is 17.9. The van der Waals surface area contributed by atoms with Crippen LogP contribution in [0.5, 0.6) is 0 Å². The number of hydrogen-bond acceptors (Lipinski definition) is 5. The number of methoxy groups -OCH3 is 1. The van der Waals surface area contributed by atoms with E-state index in [9.17, 15) is 9.18 Å². The summed E-state index contributed by atoms with van der Waals surface area (Å²) in [4.78, 5) is 20.3. The molecule has 1 aliphatic rings. The van der Waals surface area contributed by atoms with Crippen molar-refractivity contribution in [3.63, 3.8) is 0 Å². The molecule has 1 aromatic heterocycles. The Morgan fingerprint density at radius 3 is 2.56 bits per heavy atom. The summed E-state index contributed by atoms with van der Waals surface area (Å²) in [6.07, 6.45) is 4.79. The van der Waals surface area contributed by atoms with Crippen molar-refractivity contribution in [2.45, 2.75) is 31.7 Å². The fraction of sp³-hybridized carbons (Fsp3) is 0.389. The van der Waals surface area contributed by atoms with E-state index in [4.69, 9.17) is 16.3 Å². The first-order valence-corrected chi connectivity index (χ1v) is 8.57. The molecule has 132 valence electrons. The largest absolute Gasteiger partial charge is 0.469 e. The van der Waals surface area contributed by atoms with Crippen LogP contribution in [0.2, 0.25) is 5.02 Å². The molecule has 1 fully saturated rings. The van der Waals surface area contributed by atoms with Crippen LogP contribution in [0.4, 0.5) is 10.3 Å². The maximum absolute atomic E-state index is 13.1. The van der Waals surface area contributed by atoms with Crippen LogP contribution in [0.15, 0.2) is 30.5 Å². The van der Waals surface area contributed by atoms with Gasteiger partial charge in [0.2, 0.25) is 5.95 Å². The Morgan fingerprint density at radius 2 is 1.92 bits per heavy atom. The van der Waals surface area contributed by atoms with E-state index in [1.165, 1.54) is 25.4 Å². The summed E-state index contributed by atoms with van der Waals surface area (Å²) >= 11 is 6.19. The summed E-state index contributed by atoms with van der Waals surface area (Å²) in [5.41, 5.74) is 1.29. The molecule has 3 rings (SSSR count). The minimum absolute atomic E-state index is 0.0241. The van der Waals surface area contributed by atoms with E-state index in [1.807, 2.05) is 0 Å². The molecule has 0 bridgehead atoms. The fourth-order valence-electron chi connectivity index (χ4n) is 3.07. The lowest BCUT2D eigenvalue weighted by atomic mass is 9.86. The number of halogens is 2. The molecule has 0 spiro atoms. The first-order chi connectivity index (χ1) is 12.1. The molecule has 0 saturated heterocycles. The van der Waals surface area contributed by atoms with Crippen molar-refractivity contribution in [3.8, 4) is 11.3 Å². The number of esters is 1. The number of carbonyl (C=O) groups is 1. The van der Waals surface area contributed by atoms with Crippen LogP contribution in [0.25, 0.3) is 11.3 Å². The number of rotatable bonds is 4. The van der Waals surface area contributed by atoms with Gasteiger partial charge >= 0.3 is 5.97 Å². The van der Waals surface area contributed by atoms with Gasteiger partial charge in [0.05, 0.1) is 29.9 Å². The monoisotopic (exact) mass is 363 g/mol. The second-order valence-electron chi connectivity index (χ2n) is 6.11. The third kappa shape index (κ3) is 4.25. The van der Waals surface area contributed by atoms with E-state index in [0.29, 0.717) is 16.7 Å². The third-order valence-electron chi connectivity index (χ3n) is 4.46. The molecule has 0 amide bonds. The number of benzene rings is 1. The Balaban J connectivity index is 1.69. The fourth-order valence-corrected chi connectivity index (χ4v) is 3.27. The van der Waals surface area contributed by atoms with Gasteiger partial charge in [-0.3, -0.25) is 4.79 Å². The average Bonchev–Trinajstić information content (AvgIpc) is 2.64. The average molecular weight is 364 g/mol. The predicted molar refractivity (Wildman–Crippen MR) is 93.8 cm³/mol. The molecule has 1 saturated carbocycles. The zero-order valence-electron chi connectivity index (χ0n) is 13.8. The zero-order valence-corrected chi connectivity index (χ0v) is 14.6. The lowest BCUT2D eigenvalue weighted by Crippen LogP contribution is -2.30. The van der Waals surface area contributed by atoms with Crippen molar-refractivity contribution in [2.24, 2.45) is 5.92 Å². The lowest BCUT2D eigenvalue weighted by molar-refractivity contribution is -0.146. The van der Waals surface area contributed by atoms with Crippen LogP contribution in [0, 0.1) is 11.7 Å². The highest BCUT2D eigenvalue weighted by atomic mass is 35.5. The van der Waals surface area contributed by atoms with Crippen LogP contribution < -0.4 is 5.32 Å². The van der Waals surface area contributed by atoms with Crippen LogP contribution >= 0.6 is 11.6 Å². The summed E-state index contributed by atoms with van der Waals surface area (Å²) in [6, 6.07) is 6.21. The van der Waals surface area contributed by atoms with Gasteiger partial charge in [-0.2, -0.15) is 0 Å². The molecule has 7 heteroatoms. The molecule has 25 heavy (non-hydrogen) atoms. The molecule has 0 atom stereocenters. The summed E-state index contributed by atoms with van der Waals surface area (Å²) in [5.74, 6) is 0.00337. The van der Waals surface area contributed by atoms with Crippen molar-refractivity contribution in [1.29, 1.82) is 0 Å². The van der Waals surface area contributed by atoms with E-state index < -0.39 is 0 Å². The highest BCUT2D eigenvalue weighted by Gasteiger charge is 2.27. The molecule has 5 nitrogen and oxygen atoms in total. The van der Waals surface area contributed by atoms with Crippen molar-refractivity contribution in [1.82, 2.24) is 9.97 Å². The predicted octanol–water partition coefficient (Wildman–Crippen LogP) is 4.08. The molecule has 1 N–H and O–H groups in total. The number of nitrogens with zero attached hydrogens (tertiary/aromatic N) is 2. The number of anilines is 1. The maximum Gasteiger partial charge on any atom is 0.308 e. The first kappa shape index (κ1) is 17.6. The quantitative estimate of drug-likeness (QED) is 0.829. The Hall–Kier alpha value is -2.21. The first-order valence-electron chi connectivity index (χ1n) is 8.19. The minimum atomic E-state index is -0.311. The summed E-state index contributed by atoms with van der Waals surface area (Å²) in [5, 5.41) is 3.71. The van der Waals surface area contributed by atoms with Gasteiger partial charge in [0.25, 0.3) is 0 Å². The molecule has 1 aliphatic carbocycles. The van der Waals surface area contributed by atoms with Crippen molar-refractivity contribution >= 4 is 23.5 Å². The van der Waals surface area contributed by atoms with Gasteiger partial charge in [-0.15, -0.1) is 0 Å². The highest BCUT2D eigenvalue weighted by molar-refractivity contribution is 6.32. The molecular weight excluding hydrogens is 345 g/mol. The SMILES string of the molecule is COC(=O)[C@H]1CC[C@@H](Nc2ncc(Cl)c(-c3ccc(F)cc3)n2)CC1. The van der Waals surface area contributed by atoms with Gasteiger partial charge in [-0.05, 0) is 49.9 Å². The Kier molecular flexibility index (Phi) is 5.48. The Morgan fingerprint density at radius 1 is 1.24 bits per heavy atom. The Labute approximate surface area is 150 Å². The Bertz CT molecular complexity index is 746. The van der Waals surface area contributed by atoms with Crippen LogP contribution in [-0.2, 0) is 9.53 Å². The van der Waals surface area contributed by atoms with Crippen molar-refractivity contribution in [3.05, 3.63) is 41.3 Å².